The Hall–Kier alpha value is -2.08. The lowest BCUT2D eigenvalue weighted by Gasteiger charge is -2.42. The Morgan fingerprint density at radius 2 is 2.09 bits per heavy atom. The molecule has 0 spiro atoms. The zero-order valence-electron chi connectivity index (χ0n) is 12.9. The van der Waals surface area contributed by atoms with E-state index in [1.807, 2.05) is 35.2 Å². The van der Waals surface area contributed by atoms with Gasteiger partial charge in [0, 0.05) is 25.7 Å². The maximum atomic E-state index is 11.9. The number of benzene rings is 1. The van der Waals surface area contributed by atoms with E-state index in [4.69, 9.17) is 9.84 Å². The van der Waals surface area contributed by atoms with Crippen LogP contribution in [0.3, 0.4) is 0 Å². The van der Waals surface area contributed by atoms with Crippen LogP contribution >= 0.6 is 0 Å². The molecule has 1 aliphatic heterocycles. The van der Waals surface area contributed by atoms with E-state index in [-0.39, 0.29) is 12.0 Å². The van der Waals surface area contributed by atoms with E-state index in [1.54, 1.807) is 6.92 Å². The second-order valence-corrected chi connectivity index (χ2v) is 5.53. The average Bonchev–Trinajstić information content (AvgIpc) is 2.49. The smallest absolute Gasteiger partial charge is 0.407 e. The van der Waals surface area contributed by atoms with Crippen molar-refractivity contribution in [1.82, 2.24) is 9.80 Å². The first kappa shape index (κ1) is 16.3. The van der Waals surface area contributed by atoms with Gasteiger partial charge in [-0.15, -0.1) is 0 Å². The van der Waals surface area contributed by atoms with E-state index < -0.39 is 12.1 Å². The summed E-state index contributed by atoms with van der Waals surface area (Å²) in [5.41, 5.74) is 1.08. The van der Waals surface area contributed by atoms with Crippen molar-refractivity contribution in [3.05, 3.63) is 35.9 Å². The van der Waals surface area contributed by atoms with Gasteiger partial charge in [-0.3, -0.25) is 9.69 Å². The molecule has 0 bridgehead atoms. The Morgan fingerprint density at radius 1 is 1.41 bits per heavy atom. The number of nitrogens with zero attached hydrogens (tertiary/aromatic N) is 2. The third kappa shape index (κ3) is 3.76. The summed E-state index contributed by atoms with van der Waals surface area (Å²) in [5.74, 6) is -0.308. The lowest BCUT2D eigenvalue weighted by atomic mass is 10.0. The van der Waals surface area contributed by atoms with Gasteiger partial charge in [0.15, 0.2) is 0 Å². The summed E-state index contributed by atoms with van der Waals surface area (Å²) >= 11 is 0. The van der Waals surface area contributed by atoms with Gasteiger partial charge in [0.1, 0.15) is 6.04 Å². The van der Waals surface area contributed by atoms with Gasteiger partial charge >= 0.3 is 12.1 Å². The summed E-state index contributed by atoms with van der Waals surface area (Å²) in [4.78, 5) is 26.4. The van der Waals surface area contributed by atoms with Crippen LogP contribution in [0.1, 0.15) is 18.9 Å². The number of hydrogen-bond acceptors (Lipinski definition) is 4. The maximum absolute atomic E-state index is 11.9. The largest absolute Gasteiger partial charge is 0.468 e. The normalized spacial score (nSPS) is 18.7. The molecule has 1 fully saturated rings. The van der Waals surface area contributed by atoms with Crippen molar-refractivity contribution in [2.75, 3.05) is 20.2 Å². The predicted molar refractivity (Wildman–Crippen MR) is 81.5 cm³/mol. The van der Waals surface area contributed by atoms with Crippen LogP contribution in [0.15, 0.2) is 30.3 Å². The van der Waals surface area contributed by atoms with E-state index in [9.17, 15) is 9.59 Å². The molecule has 1 heterocycles. The average molecular weight is 306 g/mol. The van der Waals surface area contributed by atoms with Crippen molar-refractivity contribution in [1.29, 1.82) is 0 Å². The minimum atomic E-state index is -0.901. The molecule has 0 saturated carbocycles. The fourth-order valence-corrected chi connectivity index (χ4v) is 2.65. The number of carbonyl (C=O) groups is 2. The van der Waals surface area contributed by atoms with E-state index in [1.165, 1.54) is 12.0 Å². The molecular weight excluding hydrogens is 284 g/mol. The number of carboxylic acid groups (broad SMARTS) is 1. The summed E-state index contributed by atoms with van der Waals surface area (Å²) in [6.45, 7) is 3.46. The number of amides is 1. The first-order valence-electron chi connectivity index (χ1n) is 7.38. The highest BCUT2D eigenvalue weighted by atomic mass is 16.5. The van der Waals surface area contributed by atoms with Crippen molar-refractivity contribution in [3.63, 3.8) is 0 Å². The molecule has 22 heavy (non-hydrogen) atoms. The summed E-state index contributed by atoms with van der Waals surface area (Å²) in [5, 5.41) is 9.12. The van der Waals surface area contributed by atoms with Crippen LogP contribution in [0.25, 0.3) is 0 Å². The minimum Gasteiger partial charge on any atom is -0.468 e. The van der Waals surface area contributed by atoms with Crippen LogP contribution in [0, 0.1) is 0 Å². The molecule has 2 rings (SSSR count). The second-order valence-electron chi connectivity index (χ2n) is 5.53. The lowest BCUT2D eigenvalue weighted by Crippen LogP contribution is -2.57. The number of esters is 1. The Bertz CT molecular complexity index is 520. The number of rotatable bonds is 6. The number of likely N-dealkylation sites (tertiary alicyclic amines) is 1. The topological polar surface area (TPSA) is 70.1 Å². The molecular formula is C16H22N2O4. The van der Waals surface area contributed by atoms with Gasteiger partial charge in [0.05, 0.1) is 7.11 Å². The molecule has 6 heteroatoms. The molecule has 1 saturated heterocycles. The van der Waals surface area contributed by atoms with Gasteiger partial charge in [0.25, 0.3) is 0 Å². The molecule has 0 aromatic heterocycles. The molecule has 1 aliphatic rings. The van der Waals surface area contributed by atoms with Crippen LogP contribution in [-0.2, 0) is 16.1 Å². The lowest BCUT2D eigenvalue weighted by molar-refractivity contribution is -0.147. The van der Waals surface area contributed by atoms with Gasteiger partial charge < -0.3 is 14.7 Å². The SMILES string of the molecule is COC(=O)C(C)N(Cc1ccccc1)CC1CCN1C(=O)O. The number of carbonyl (C=O) groups excluding carboxylic acids is 1. The van der Waals surface area contributed by atoms with Gasteiger partial charge in [-0.1, -0.05) is 30.3 Å². The Labute approximate surface area is 130 Å². The molecule has 0 radical (unpaired) electrons. The number of ether oxygens (including phenoxy) is 1. The van der Waals surface area contributed by atoms with Crippen LogP contribution in [0.5, 0.6) is 0 Å². The zero-order chi connectivity index (χ0) is 16.1. The highest BCUT2D eigenvalue weighted by Gasteiger charge is 2.35. The maximum Gasteiger partial charge on any atom is 0.407 e. The first-order valence-corrected chi connectivity index (χ1v) is 7.38. The predicted octanol–water partition coefficient (Wildman–Crippen LogP) is 1.80. The van der Waals surface area contributed by atoms with Crippen LogP contribution in [0.2, 0.25) is 0 Å². The molecule has 1 aromatic rings. The van der Waals surface area contributed by atoms with E-state index in [2.05, 4.69) is 0 Å². The van der Waals surface area contributed by atoms with Gasteiger partial charge in [-0.2, -0.15) is 0 Å². The first-order chi connectivity index (χ1) is 10.5. The Balaban J connectivity index is 2.07. The summed E-state index contributed by atoms with van der Waals surface area (Å²) in [6, 6.07) is 9.34. The highest BCUT2D eigenvalue weighted by Crippen LogP contribution is 2.21. The molecule has 0 aliphatic carbocycles. The molecule has 120 valence electrons. The Morgan fingerprint density at radius 3 is 2.59 bits per heavy atom. The van der Waals surface area contributed by atoms with E-state index in [0.29, 0.717) is 19.6 Å². The van der Waals surface area contributed by atoms with E-state index in [0.717, 1.165) is 12.0 Å². The standard InChI is InChI=1S/C16H22N2O4/c1-12(15(19)22-2)17(10-13-6-4-3-5-7-13)11-14-8-9-18(14)16(20)21/h3-7,12,14H,8-11H2,1-2H3,(H,20,21). The highest BCUT2D eigenvalue weighted by molar-refractivity contribution is 5.75. The zero-order valence-corrected chi connectivity index (χ0v) is 12.9. The number of methoxy groups -OCH3 is 1. The van der Waals surface area contributed by atoms with Crippen molar-refractivity contribution >= 4 is 12.1 Å². The minimum absolute atomic E-state index is 0.0617. The summed E-state index contributed by atoms with van der Waals surface area (Å²) in [6.07, 6.45) is -0.0764. The number of hydrogen-bond donors (Lipinski definition) is 1. The fourth-order valence-electron chi connectivity index (χ4n) is 2.65. The third-order valence-corrected chi connectivity index (χ3v) is 4.15. The van der Waals surface area contributed by atoms with Gasteiger partial charge in [-0.05, 0) is 18.9 Å². The third-order valence-electron chi connectivity index (χ3n) is 4.15. The quantitative estimate of drug-likeness (QED) is 0.812. The van der Waals surface area contributed by atoms with E-state index >= 15 is 0 Å². The molecule has 6 nitrogen and oxygen atoms in total. The molecule has 1 N–H and O–H groups in total. The monoisotopic (exact) mass is 306 g/mol. The van der Waals surface area contributed by atoms with Crippen molar-refractivity contribution < 1.29 is 19.4 Å². The molecule has 2 unspecified atom stereocenters. The molecule has 2 atom stereocenters. The van der Waals surface area contributed by atoms with Crippen LogP contribution in [-0.4, -0.2) is 59.3 Å². The van der Waals surface area contributed by atoms with Crippen LogP contribution in [0.4, 0.5) is 4.79 Å². The fraction of sp³-hybridized carbons (Fsp3) is 0.500. The van der Waals surface area contributed by atoms with Crippen molar-refractivity contribution in [2.24, 2.45) is 0 Å². The van der Waals surface area contributed by atoms with Crippen molar-refractivity contribution in [3.8, 4) is 0 Å². The summed E-state index contributed by atoms with van der Waals surface area (Å²) < 4.78 is 4.83. The molecule has 1 aromatic carbocycles. The van der Waals surface area contributed by atoms with Gasteiger partial charge in [0.2, 0.25) is 0 Å². The van der Waals surface area contributed by atoms with Crippen LogP contribution < -0.4 is 0 Å². The van der Waals surface area contributed by atoms with Crippen molar-refractivity contribution in [2.45, 2.75) is 32.0 Å². The summed E-state index contributed by atoms with van der Waals surface area (Å²) in [7, 11) is 1.37. The molecule has 1 amide bonds. The Kier molecular flexibility index (Phi) is 5.38. The second kappa shape index (κ2) is 7.26. The van der Waals surface area contributed by atoms with Gasteiger partial charge in [-0.25, -0.2) is 4.79 Å².